The SMILES string of the molecule is CC(c1nc2ccccc2s1)N(C)Cc1ccccc1OC(F)F. The number of aromatic nitrogens is 1. The lowest BCUT2D eigenvalue weighted by Gasteiger charge is -2.24. The van der Waals surface area contributed by atoms with Gasteiger partial charge in [0.2, 0.25) is 0 Å². The number of benzene rings is 2. The zero-order valence-electron chi connectivity index (χ0n) is 13.4. The van der Waals surface area contributed by atoms with E-state index in [-0.39, 0.29) is 11.8 Å². The molecule has 0 aliphatic heterocycles. The van der Waals surface area contributed by atoms with Crippen LogP contribution in [0.25, 0.3) is 10.2 Å². The van der Waals surface area contributed by atoms with E-state index in [0.717, 1.165) is 20.8 Å². The number of rotatable bonds is 6. The van der Waals surface area contributed by atoms with Crippen LogP contribution in [0.5, 0.6) is 5.75 Å². The fraction of sp³-hybridized carbons (Fsp3) is 0.278. The van der Waals surface area contributed by atoms with Crippen molar-refractivity contribution < 1.29 is 13.5 Å². The molecule has 6 heteroatoms. The number of hydrogen-bond acceptors (Lipinski definition) is 4. The lowest BCUT2D eigenvalue weighted by atomic mass is 10.1. The van der Waals surface area contributed by atoms with Crippen LogP contribution in [0, 0.1) is 0 Å². The van der Waals surface area contributed by atoms with Gasteiger partial charge in [0.05, 0.1) is 16.3 Å². The summed E-state index contributed by atoms with van der Waals surface area (Å²) >= 11 is 1.66. The number of nitrogens with zero attached hydrogens (tertiary/aromatic N) is 2. The van der Waals surface area contributed by atoms with E-state index in [1.807, 2.05) is 31.3 Å². The Kier molecular flexibility index (Phi) is 5.06. The van der Waals surface area contributed by atoms with Gasteiger partial charge in [-0.3, -0.25) is 4.90 Å². The van der Waals surface area contributed by atoms with Crippen molar-refractivity contribution in [3.05, 3.63) is 59.1 Å². The summed E-state index contributed by atoms with van der Waals surface area (Å²) in [6.07, 6.45) is 0. The standard InChI is InChI=1S/C18H18F2N2OS/c1-12(17-21-14-8-4-6-10-16(14)24-17)22(2)11-13-7-3-5-9-15(13)23-18(19)20/h3-10,12,18H,11H2,1-2H3. The molecule has 3 nitrogen and oxygen atoms in total. The van der Waals surface area contributed by atoms with Crippen LogP contribution in [0.4, 0.5) is 8.78 Å². The number of para-hydroxylation sites is 2. The second-order valence-corrected chi connectivity index (χ2v) is 6.66. The smallest absolute Gasteiger partial charge is 0.387 e. The first-order valence-electron chi connectivity index (χ1n) is 7.63. The van der Waals surface area contributed by atoms with Gasteiger partial charge in [-0.25, -0.2) is 4.98 Å². The summed E-state index contributed by atoms with van der Waals surface area (Å²) in [5, 5.41) is 1.01. The van der Waals surface area contributed by atoms with Gasteiger partial charge in [0, 0.05) is 12.1 Å². The van der Waals surface area contributed by atoms with Gasteiger partial charge >= 0.3 is 6.61 Å². The van der Waals surface area contributed by atoms with E-state index in [1.54, 1.807) is 29.5 Å². The second-order valence-electron chi connectivity index (χ2n) is 5.60. The number of fused-ring (bicyclic) bond motifs is 1. The third-order valence-electron chi connectivity index (χ3n) is 3.94. The summed E-state index contributed by atoms with van der Waals surface area (Å²) in [5.74, 6) is 0.218. The lowest BCUT2D eigenvalue weighted by Crippen LogP contribution is -2.22. The first kappa shape index (κ1) is 16.8. The lowest BCUT2D eigenvalue weighted by molar-refractivity contribution is -0.0508. The molecular weight excluding hydrogens is 330 g/mol. The van der Waals surface area contributed by atoms with Crippen LogP contribution in [-0.4, -0.2) is 23.5 Å². The summed E-state index contributed by atoms with van der Waals surface area (Å²) in [6, 6.07) is 15.0. The highest BCUT2D eigenvalue weighted by molar-refractivity contribution is 7.18. The molecule has 0 aliphatic rings. The average molecular weight is 348 g/mol. The van der Waals surface area contributed by atoms with E-state index < -0.39 is 6.61 Å². The van der Waals surface area contributed by atoms with Crippen molar-refractivity contribution in [2.75, 3.05) is 7.05 Å². The molecule has 0 saturated heterocycles. The molecule has 0 saturated carbocycles. The number of halogens is 2. The highest BCUT2D eigenvalue weighted by atomic mass is 32.1. The quantitative estimate of drug-likeness (QED) is 0.620. The first-order chi connectivity index (χ1) is 11.5. The highest BCUT2D eigenvalue weighted by Gasteiger charge is 2.18. The van der Waals surface area contributed by atoms with Gasteiger partial charge in [0.25, 0.3) is 0 Å². The van der Waals surface area contributed by atoms with E-state index in [1.165, 1.54) is 0 Å². The van der Waals surface area contributed by atoms with Crippen LogP contribution in [0.3, 0.4) is 0 Å². The molecule has 0 spiro atoms. The van der Waals surface area contributed by atoms with Gasteiger partial charge in [-0.05, 0) is 32.2 Å². The molecule has 0 fully saturated rings. The Labute approximate surface area is 143 Å². The predicted molar refractivity (Wildman–Crippen MR) is 92.6 cm³/mol. The Morgan fingerprint density at radius 3 is 2.58 bits per heavy atom. The molecule has 0 amide bonds. The number of ether oxygens (including phenoxy) is 1. The van der Waals surface area contributed by atoms with Gasteiger partial charge in [0.1, 0.15) is 10.8 Å². The van der Waals surface area contributed by atoms with Crippen LogP contribution < -0.4 is 4.74 Å². The summed E-state index contributed by atoms with van der Waals surface area (Å²) in [4.78, 5) is 6.75. The van der Waals surface area contributed by atoms with Gasteiger partial charge < -0.3 is 4.74 Å². The van der Waals surface area contributed by atoms with Gasteiger partial charge in [-0.15, -0.1) is 11.3 Å². The Morgan fingerprint density at radius 2 is 1.83 bits per heavy atom. The molecule has 3 rings (SSSR count). The van der Waals surface area contributed by atoms with Crippen LogP contribution in [0.2, 0.25) is 0 Å². The van der Waals surface area contributed by atoms with E-state index >= 15 is 0 Å². The Hall–Kier alpha value is -2.05. The van der Waals surface area contributed by atoms with E-state index in [2.05, 4.69) is 27.6 Å². The van der Waals surface area contributed by atoms with Crippen molar-refractivity contribution in [2.45, 2.75) is 26.1 Å². The summed E-state index contributed by atoms with van der Waals surface area (Å²) in [6.45, 7) is -0.257. The van der Waals surface area contributed by atoms with Crippen molar-refractivity contribution in [1.82, 2.24) is 9.88 Å². The second kappa shape index (κ2) is 7.23. The summed E-state index contributed by atoms with van der Waals surface area (Å²) < 4.78 is 30.8. The van der Waals surface area contributed by atoms with Crippen LogP contribution >= 0.6 is 11.3 Å². The minimum Gasteiger partial charge on any atom is -0.434 e. The van der Waals surface area contributed by atoms with Crippen LogP contribution in [0.1, 0.15) is 23.5 Å². The minimum atomic E-state index is -2.82. The number of alkyl halides is 2. The zero-order valence-corrected chi connectivity index (χ0v) is 14.3. The molecule has 0 bridgehead atoms. The van der Waals surface area contributed by atoms with E-state index in [0.29, 0.717) is 6.54 Å². The Morgan fingerprint density at radius 1 is 1.12 bits per heavy atom. The molecule has 24 heavy (non-hydrogen) atoms. The van der Waals surface area contributed by atoms with Crippen molar-refractivity contribution in [2.24, 2.45) is 0 Å². The molecule has 2 aromatic carbocycles. The number of thiazole rings is 1. The fourth-order valence-electron chi connectivity index (χ4n) is 2.51. The maximum Gasteiger partial charge on any atom is 0.387 e. The molecule has 126 valence electrons. The maximum atomic E-state index is 12.5. The third-order valence-corrected chi connectivity index (χ3v) is 5.14. The summed E-state index contributed by atoms with van der Waals surface area (Å²) in [7, 11) is 1.95. The van der Waals surface area contributed by atoms with Gasteiger partial charge in [0.15, 0.2) is 0 Å². The van der Waals surface area contributed by atoms with Crippen molar-refractivity contribution in [3.8, 4) is 5.75 Å². The Bertz CT molecular complexity index is 788. The van der Waals surface area contributed by atoms with Crippen molar-refractivity contribution in [1.29, 1.82) is 0 Å². The third kappa shape index (κ3) is 3.71. The van der Waals surface area contributed by atoms with Crippen molar-refractivity contribution in [3.63, 3.8) is 0 Å². The van der Waals surface area contributed by atoms with Gasteiger partial charge in [-0.2, -0.15) is 8.78 Å². The summed E-state index contributed by atoms with van der Waals surface area (Å²) in [5.41, 5.74) is 1.72. The molecule has 3 aromatic rings. The molecule has 1 unspecified atom stereocenters. The topological polar surface area (TPSA) is 25.4 Å². The number of hydrogen-bond donors (Lipinski definition) is 0. The predicted octanol–water partition coefficient (Wildman–Crippen LogP) is 5.09. The van der Waals surface area contributed by atoms with Crippen LogP contribution in [0.15, 0.2) is 48.5 Å². The zero-order chi connectivity index (χ0) is 17.1. The molecule has 1 atom stereocenters. The van der Waals surface area contributed by atoms with Crippen molar-refractivity contribution >= 4 is 21.6 Å². The molecule has 1 heterocycles. The molecule has 0 N–H and O–H groups in total. The Balaban J connectivity index is 1.78. The fourth-order valence-corrected chi connectivity index (χ4v) is 3.59. The molecule has 0 radical (unpaired) electrons. The first-order valence-corrected chi connectivity index (χ1v) is 8.44. The molecular formula is C18H18F2N2OS. The van der Waals surface area contributed by atoms with Gasteiger partial charge in [-0.1, -0.05) is 30.3 Å². The molecule has 1 aromatic heterocycles. The highest BCUT2D eigenvalue weighted by Crippen LogP contribution is 2.30. The van der Waals surface area contributed by atoms with E-state index in [4.69, 9.17) is 0 Å². The van der Waals surface area contributed by atoms with E-state index in [9.17, 15) is 8.78 Å². The molecule has 0 aliphatic carbocycles. The van der Waals surface area contributed by atoms with Crippen LogP contribution in [-0.2, 0) is 6.54 Å². The maximum absolute atomic E-state index is 12.5. The largest absolute Gasteiger partial charge is 0.434 e. The minimum absolute atomic E-state index is 0.0713. The normalized spacial score (nSPS) is 12.9. The average Bonchev–Trinajstić information content (AvgIpc) is 2.99. The monoisotopic (exact) mass is 348 g/mol.